The van der Waals surface area contributed by atoms with Crippen LogP contribution in [-0.4, -0.2) is 58.5 Å². The maximum Gasteiger partial charge on any atom is 0.231 e. The van der Waals surface area contributed by atoms with Gasteiger partial charge in [-0.1, -0.05) is 48.3 Å². The number of hydrogen-bond acceptors (Lipinski definition) is 8. The molecule has 1 heterocycles. The van der Waals surface area contributed by atoms with Crippen LogP contribution in [-0.2, 0) is 9.57 Å². The molecule has 6 atom stereocenters. The fourth-order valence-electron chi connectivity index (χ4n) is 7.24. The summed E-state index contributed by atoms with van der Waals surface area (Å²) in [5, 5.41) is 34.5. The fourth-order valence-corrected chi connectivity index (χ4v) is 8.55. The van der Waals surface area contributed by atoms with Gasteiger partial charge in [-0.15, -0.1) is 18.3 Å². The van der Waals surface area contributed by atoms with Gasteiger partial charge >= 0.3 is 0 Å². The van der Waals surface area contributed by atoms with Gasteiger partial charge in [-0.3, -0.25) is 0 Å². The number of phenolic OH excluding ortho intramolecular Hbond substituents is 1. The zero-order valence-electron chi connectivity index (χ0n) is 25.1. The van der Waals surface area contributed by atoms with E-state index in [-0.39, 0.29) is 47.9 Å². The normalized spacial score (nSPS) is 28.4. The van der Waals surface area contributed by atoms with Gasteiger partial charge < -0.3 is 29.6 Å². The Morgan fingerprint density at radius 2 is 1.84 bits per heavy atom. The van der Waals surface area contributed by atoms with Crippen molar-refractivity contribution in [3.8, 4) is 11.5 Å². The van der Waals surface area contributed by atoms with Crippen LogP contribution in [0.15, 0.2) is 82.9 Å². The van der Waals surface area contributed by atoms with Crippen molar-refractivity contribution < 1.29 is 29.6 Å². The largest absolute Gasteiger partial charge is 0.508 e. The highest BCUT2D eigenvalue weighted by Gasteiger charge is 2.64. The highest BCUT2D eigenvalue weighted by atomic mass is 32.2. The van der Waals surface area contributed by atoms with Gasteiger partial charge in [0, 0.05) is 36.0 Å². The van der Waals surface area contributed by atoms with E-state index in [1.54, 1.807) is 23.9 Å². The molecule has 8 heteroatoms. The van der Waals surface area contributed by atoms with Crippen LogP contribution in [0.2, 0.25) is 0 Å². The maximum atomic E-state index is 10.7. The molecule has 2 aliphatic carbocycles. The minimum absolute atomic E-state index is 0.0236. The first kappa shape index (κ1) is 31.6. The van der Waals surface area contributed by atoms with E-state index in [0.717, 1.165) is 66.0 Å². The summed E-state index contributed by atoms with van der Waals surface area (Å²) in [4.78, 5) is 6.84. The fraction of sp³-hybridized carbons (Fsp3) is 0.514. The Kier molecular flexibility index (Phi) is 10.9. The van der Waals surface area contributed by atoms with Crippen LogP contribution < -0.4 is 4.74 Å². The average Bonchev–Trinajstić information content (AvgIpc) is 3.02. The number of rotatable bonds is 15. The molecule has 1 saturated carbocycles. The van der Waals surface area contributed by atoms with Crippen LogP contribution in [0, 0.1) is 17.8 Å². The Bertz CT molecular complexity index is 1280. The second-order valence-electron chi connectivity index (χ2n) is 11.6. The summed E-state index contributed by atoms with van der Waals surface area (Å²) < 4.78 is 13.9. The van der Waals surface area contributed by atoms with Gasteiger partial charge in [0.15, 0.2) is 0 Å². The monoisotopic (exact) mass is 607 g/mol. The molecule has 0 saturated heterocycles. The minimum atomic E-state index is -1.02. The number of phenols is 1. The van der Waals surface area contributed by atoms with Crippen molar-refractivity contribution in [3.63, 3.8) is 0 Å². The lowest BCUT2D eigenvalue weighted by Gasteiger charge is -2.58. The molecule has 7 nitrogen and oxygen atoms in total. The zero-order chi connectivity index (χ0) is 30.2. The molecule has 1 fully saturated rings. The molecule has 2 aromatic carbocycles. The van der Waals surface area contributed by atoms with Crippen molar-refractivity contribution in [1.29, 1.82) is 0 Å². The number of aliphatic hydroxyl groups excluding tert-OH is 2. The number of nitrogens with zero attached hydrogens (tertiary/aromatic N) is 1. The van der Waals surface area contributed by atoms with Gasteiger partial charge in [0.05, 0.1) is 23.5 Å². The van der Waals surface area contributed by atoms with E-state index in [9.17, 15) is 15.3 Å². The lowest BCUT2D eigenvalue weighted by Crippen LogP contribution is -2.64. The Morgan fingerprint density at radius 1 is 1.07 bits per heavy atom. The molecule has 6 unspecified atom stereocenters. The molecule has 0 aromatic heterocycles. The first-order valence-corrected chi connectivity index (χ1v) is 16.5. The van der Waals surface area contributed by atoms with Gasteiger partial charge in [-0.2, -0.15) is 0 Å². The summed E-state index contributed by atoms with van der Waals surface area (Å²) in [5.41, 5.74) is 2.99. The van der Waals surface area contributed by atoms with Crippen molar-refractivity contribution in [1.82, 2.24) is 0 Å². The SMILES string of the molecule is C=CCOC12Oc3ccc(O)cc3C3C(CCCCO)C(CCCCO)C=C(C(=NOCC)CC1Sc1ccccc1)C32. The van der Waals surface area contributed by atoms with Gasteiger partial charge in [0.2, 0.25) is 5.79 Å². The summed E-state index contributed by atoms with van der Waals surface area (Å²) in [6, 6.07) is 15.7. The number of aliphatic hydroxyl groups is 2. The van der Waals surface area contributed by atoms with Crippen molar-refractivity contribution in [2.24, 2.45) is 22.9 Å². The predicted octanol–water partition coefficient (Wildman–Crippen LogP) is 6.84. The van der Waals surface area contributed by atoms with E-state index < -0.39 is 5.79 Å². The number of ether oxygens (including phenoxy) is 2. The van der Waals surface area contributed by atoms with E-state index in [2.05, 4.69) is 24.8 Å². The van der Waals surface area contributed by atoms with Crippen molar-refractivity contribution in [2.45, 2.75) is 73.7 Å². The lowest BCUT2D eigenvalue weighted by molar-refractivity contribution is -0.223. The van der Waals surface area contributed by atoms with E-state index >= 15 is 0 Å². The molecule has 5 rings (SSSR count). The van der Waals surface area contributed by atoms with Crippen molar-refractivity contribution >= 4 is 17.5 Å². The molecule has 3 N–H and O–H groups in total. The number of allylic oxidation sites excluding steroid dienone is 1. The molecule has 0 radical (unpaired) electrons. The number of fused-ring (bicyclic) bond motifs is 2. The van der Waals surface area contributed by atoms with Crippen LogP contribution in [0.3, 0.4) is 0 Å². The Hall–Kier alpha value is -2.78. The molecule has 232 valence electrons. The molecular formula is C35H45NO6S. The first-order chi connectivity index (χ1) is 21.1. The maximum absolute atomic E-state index is 10.7. The summed E-state index contributed by atoms with van der Waals surface area (Å²) in [7, 11) is 0. The molecule has 3 aliphatic rings. The quantitative estimate of drug-likeness (QED) is 0.116. The van der Waals surface area contributed by atoms with Gasteiger partial charge in [0.25, 0.3) is 0 Å². The van der Waals surface area contributed by atoms with Crippen LogP contribution in [0.1, 0.15) is 63.4 Å². The summed E-state index contributed by atoms with van der Waals surface area (Å²) in [6.07, 6.45) is 9.87. The number of unbranched alkanes of at least 4 members (excludes halogenated alkanes) is 2. The molecule has 0 amide bonds. The number of oxime groups is 1. The van der Waals surface area contributed by atoms with E-state index in [1.165, 1.54) is 0 Å². The second kappa shape index (κ2) is 14.8. The Morgan fingerprint density at radius 3 is 2.56 bits per heavy atom. The summed E-state index contributed by atoms with van der Waals surface area (Å²) in [6.45, 7) is 7.03. The summed E-state index contributed by atoms with van der Waals surface area (Å²) >= 11 is 1.74. The van der Waals surface area contributed by atoms with Crippen molar-refractivity contribution in [2.75, 3.05) is 26.4 Å². The highest BCUT2D eigenvalue weighted by molar-refractivity contribution is 8.00. The van der Waals surface area contributed by atoms with Gasteiger partial charge in [-0.05, 0) is 80.3 Å². The molecule has 2 aromatic rings. The zero-order valence-corrected chi connectivity index (χ0v) is 25.9. The number of benzene rings is 2. The van der Waals surface area contributed by atoms with Gasteiger partial charge in [-0.25, -0.2) is 0 Å². The molecule has 0 bridgehead atoms. The summed E-state index contributed by atoms with van der Waals surface area (Å²) in [5.74, 6) is 0.119. The molecule has 43 heavy (non-hydrogen) atoms. The van der Waals surface area contributed by atoms with Crippen LogP contribution >= 0.6 is 11.8 Å². The second-order valence-corrected chi connectivity index (χ2v) is 12.9. The minimum Gasteiger partial charge on any atom is -0.508 e. The van der Waals surface area contributed by atoms with E-state index in [0.29, 0.717) is 19.6 Å². The van der Waals surface area contributed by atoms with Crippen LogP contribution in [0.5, 0.6) is 11.5 Å². The smallest absolute Gasteiger partial charge is 0.231 e. The van der Waals surface area contributed by atoms with Gasteiger partial charge in [0.1, 0.15) is 18.1 Å². The third-order valence-electron chi connectivity index (χ3n) is 8.96. The van der Waals surface area contributed by atoms with Crippen LogP contribution in [0.25, 0.3) is 0 Å². The Balaban J connectivity index is 1.72. The van der Waals surface area contributed by atoms with E-state index in [4.69, 9.17) is 19.5 Å². The topological polar surface area (TPSA) is 101 Å². The third kappa shape index (κ3) is 6.68. The third-order valence-corrected chi connectivity index (χ3v) is 10.3. The predicted molar refractivity (Wildman–Crippen MR) is 171 cm³/mol. The van der Waals surface area contributed by atoms with Crippen molar-refractivity contribution in [3.05, 3.63) is 78.4 Å². The molecule has 1 aliphatic heterocycles. The number of aromatic hydroxyl groups is 1. The lowest BCUT2D eigenvalue weighted by atomic mass is 9.56. The number of thioether (sulfide) groups is 1. The standard InChI is InChI=1S/C35H45NO6S/c1-3-20-40-35-32(43-26-13-6-5-7-14-26)23-30(36-41-4-2)28-21-24(12-8-10-18-37)27(15-9-11-19-38)33(34(28)35)29-22-25(39)16-17-31(29)42-35/h3,5-7,13-14,16-17,21-22,24,27,32-34,37-39H,1,4,8-12,15,18-20,23H2,2H3. The Labute approximate surface area is 259 Å². The average molecular weight is 608 g/mol. The highest BCUT2D eigenvalue weighted by Crippen LogP contribution is 2.63. The first-order valence-electron chi connectivity index (χ1n) is 15.7. The molecular weight excluding hydrogens is 562 g/mol. The number of hydrogen-bond donors (Lipinski definition) is 3. The van der Waals surface area contributed by atoms with E-state index in [1.807, 2.05) is 37.3 Å². The van der Waals surface area contributed by atoms with Crippen LogP contribution in [0.4, 0.5) is 0 Å². The molecule has 0 spiro atoms.